The van der Waals surface area contributed by atoms with Crippen molar-refractivity contribution in [3.05, 3.63) is 52.0 Å². The first-order chi connectivity index (χ1) is 12.0. The molecule has 1 aliphatic heterocycles. The van der Waals surface area contributed by atoms with E-state index in [-0.39, 0.29) is 23.4 Å². The van der Waals surface area contributed by atoms with Crippen molar-refractivity contribution in [2.75, 3.05) is 19.7 Å². The highest BCUT2D eigenvalue weighted by atomic mass is 32.1. The molecule has 4 nitrogen and oxygen atoms in total. The summed E-state index contributed by atoms with van der Waals surface area (Å²) in [6.45, 7) is 3.35. The lowest BCUT2D eigenvalue weighted by Crippen LogP contribution is -2.41. The van der Waals surface area contributed by atoms with E-state index in [1.807, 2.05) is 4.90 Å². The Kier molecular flexibility index (Phi) is 5.48. The van der Waals surface area contributed by atoms with Gasteiger partial charge in [0, 0.05) is 24.4 Å². The van der Waals surface area contributed by atoms with Crippen molar-refractivity contribution < 1.29 is 18.7 Å². The first-order valence-electron chi connectivity index (χ1n) is 8.30. The van der Waals surface area contributed by atoms with Crippen molar-refractivity contribution >= 4 is 23.0 Å². The maximum Gasteiger partial charge on any atom is 0.254 e. The predicted molar refractivity (Wildman–Crippen MR) is 94.8 cm³/mol. The van der Waals surface area contributed by atoms with Gasteiger partial charge in [-0.15, -0.1) is 11.3 Å². The van der Waals surface area contributed by atoms with E-state index in [1.165, 1.54) is 30.4 Å². The van der Waals surface area contributed by atoms with E-state index < -0.39 is 0 Å². The van der Waals surface area contributed by atoms with Crippen LogP contribution >= 0.6 is 11.3 Å². The van der Waals surface area contributed by atoms with Crippen molar-refractivity contribution in [3.63, 3.8) is 0 Å². The standard InChI is InChI=1S/C19H20FNO3S/c1-13(22)18-9-15(12-25-18)19(23)21-8-2-3-14(10-21)11-24-17-6-4-16(20)5-7-17/h4-7,9,12,14H,2-3,8,10-11H2,1H3/t14-/m0/s1. The third-order valence-electron chi connectivity index (χ3n) is 4.30. The largest absolute Gasteiger partial charge is 0.493 e. The summed E-state index contributed by atoms with van der Waals surface area (Å²) < 4.78 is 18.6. The van der Waals surface area contributed by atoms with Gasteiger partial charge in [-0.3, -0.25) is 9.59 Å². The zero-order valence-electron chi connectivity index (χ0n) is 14.0. The molecule has 3 rings (SSSR count). The summed E-state index contributed by atoms with van der Waals surface area (Å²) >= 11 is 1.31. The summed E-state index contributed by atoms with van der Waals surface area (Å²) in [5, 5.41) is 1.75. The number of benzene rings is 1. The Balaban J connectivity index is 1.57. The fraction of sp³-hybridized carbons (Fsp3) is 0.368. The number of ether oxygens (including phenoxy) is 1. The second kappa shape index (κ2) is 7.78. The van der Waals surface area contributed by atoms with Gasteiger partial charge < -0.3 is 9.64 Å². The Morgan fingerprint density at radius 2 is 2.08 bits per heavy atom. The van der Waals surface area contributed by atoms with Gasteiger partial charge in [0.15, 0.2) is 5.78 Å². The highest BCUT2D eigenvalue weighted by molar-refractivity contribution is 7.12. The second-order valence-corrected chi connectivity index (χ2v) is 7.19. The lowest BCUT2D eigenvalue weighted by Gasteiger charge is -2.32. The van der Waals surface area contributed by atoms with Gasteiger partial charge in [0.2, 0.25) is 0 Å². The summed E-state index contributed by atoms with van der Waals surface area (Å²) in [6, 6.07) is 7.63. The molecule has 1 amide bonds. The molecule has 0 bridgehead atoms. The quantitative estimate of drug-likeness (QED) is 0.756. The van der Waals surface area contributed by atoms with Gasteiger partial charge in [0.25, 0.3) is 5.91 Å². The van der Waals surface area contributed by atoms with E-state index in [9.17, 15) is 14.0 Å². The molecule has 132 valence electrons. The van der Waals surface area contributed by atoms with Crippen molar-refractivity contribution in [3.8, 4) is 5.75 Å². The lowest BCUT2D eigenvalue weighted by atomic mass is 9.98. The van der Waals surface area contributed by atoms with Crippen LogP contribution in [0.2, 0.25) is 0 Å². The molecule has 1 saturated heterocycles. The Bertz CT molecular complexity index is 756. The lowest BCUT2D eigenvalue weighted by molar-refractivity contribution is 0.0634. The van der Waals surface area contributed by atoms with E-state index in [1.54, 1.807) is 23.6 Å². The molecule has 1 aliphatic rings. The van der Waals surface area contributed by atoms with Crippen LogP contribution in [0.3, 0.4) is 0 Å². The van der Waals surface area contributed by atoms with Crippen LogP contribution in [0.15, 0.2) is 35.7 Å². The molecule has 6 heteroatoms. The third kappa shape index (κ3) is 4.45. The van der Waals surface area contributed by atoms with Gasteiger partial charge in [-0.25, -0.2) is 4.39 Å². The Morgan fingerprint density at radius 3 is 2.76 bits per heavy atom. The highest BCUT2D eigenvalue weighted by Crippen LogP contribution is 2.23. The molecular formula is C19H20FNO3S. The summed E-state index contributed by atoms with van der Waals surface area (Å²) in [6.07, 6.45) is 1.92. The highest BCUT2D eigenvalue weighted by Gasteiger charge is 2.25. The number of carbonyl (C=O) groups is 2. The topological polar surface area (TPSA) is 46.6 Å². The third-order valence-corrected chi connectivity index (χ3v) is 5.33. The molecule has 0 radical (unpaired) electrons. The van der Waals surface area contributed by atoms with Gasteiger partial charge in [-0.1, -0.05) is 0 Å². The van der Waals surface area contributed by atoms with Crippen LogP contribution in [-0.2, 0) is 0 Å². The van der Waals surface area contributed by atoms with E-state index >= 15 is 0 Å². The van der Waals surface area contributed by atoms with Crippen LogP contribution in [0.5, 0.6) is 5.75 Å². The summed E-state index contributed by atoms with van der Waals surface area (Å²) in [4.78, 5) is 26.5. The molecule has 2 aromatic rings. The second-order valence-electron chi connectivity index (χ2n) is 6.28. The SMILES string of the molecule is CC(=O)c1cc(C(=O)N2CCC[C@H](COc3ccc(F)cc3)C2)cs1. The molecule has 1 aromatic heterocycles. The van der Waals surface area contributed by atoms with Crippen molar-refractivity contribution in [1.29, 1.82) is 0 Å². The molecule has 0 unspecified atom stereocenters. The molecule has 0 saturated carbocycles. The number of piperidine rings is 1. The number of likely N-dealkylation sites (tertiary alicyclic amines) is 1. The molecule has 1 fully saturated rings. The van der Waals surface area contributed by atoms with E-state index in [0.717, 1.165) is 19.4 Å². The molecule has 0 N–H and O–H groups in total. The Labute approximate surface area is 150 Å². The van der Waals surface area contributed by atoms with Gasteiger partial charge in [0.1, 0.15) is 11.6 Å². The van der Waals surface area contributed by atoms with Crippen molar-refractivity contribution in [1.82, 2.24) is 4.90 Å². The summed E-state index contributed by atoms with van der Waals surface area (Å²) in [7, 11) is 0. The fourth-order valence-corrected chi connectivity index (χ4v) is 3.73. The van der Waals surface area contributed by atoms with Crippen LogP contribution in [0.1, 0.15) is 39.8 Å². The molecule has 1 atom stereocenters. The van der Waals surface area contributed by atoms with Gasteiger partial charge >= 0.3 is 0 Å². The van der Waals surface area contributed by atoms with Crippen LogP contribution in [-0.4, -0.2) is 36.3 Å². The molecular weight excluding hydrogens is 341 g/mol. The van der Waals surface area contributed by atoms with Gasteiger partial charge in [0.05, 0.1) is 17.0 Å². The Hall–Kier alpha value is -2.21. The van der Waals surface area contributed by atoms with Crippen molar-refractivity contribution in [2.45, 2.75) is 19.8 Å². The maximum absolute atomic E-state index is 12.9. The minimum atomic E-state index is -0.289. The number of carbonyl (C=O) groups excluding carboxylic acids is 2. The first kappa shape index (κ1) is 17.6. The molecule has 1 aromatic carbocycles. The average Bonchev–Trinajstić information content (AvgIpc) is 3.11. The van der Waals surface area contributed by atoms with E-state index in [0.29, 0.717) is 29.3 Å². The summed E-state index contributed by atoms with van der Waals surface area (Å²) in [5.74, 6) is 0.536. The van der Waals surface area contributed by atoms with Crippen LogP contribution in [0, 0.1) is 11.7 Å². The summed E-state index contributed by atoms with van der Waals surface area (Å²) in [5.41, 5.74) is 0.579. The molecule has 0 aliphatic carbocycles. The van der Waals surface area contributed by atoms with Gasteiger partial charge in [-0.2, -0.15) is 0 Å². The number of halogens is 1. The monoisotopic (exact) mass is 361 g/mol. The number of amides is 1. The average molecular weight is 361 g/mol. The van der Waals surface area contributed by atoms with Crippen LogP contribution in [0.4, 0.5) is 4.39 Å². The molecule has 25 heavy (non-hydrogen) atoms. The first-order valence-corrected chi connectivity index (χ1v) is 9.18. The number of hydrogen-bond donors (Lipinski definition) is 0. The van der Waals surface area contributed by atoms with E-state index in [2.05, 4.69) is 0 Å². The van der Waals surface area contributed by atoms with Crippen LogP contribution < -0.4 is 4.74 Å². The zero-order valence-corrected chi connectivity index (χ0v) is 14.9. The smallest absolute Gasteiger partial charge is 0.254 e. The molecule has 0 spiro atoms. The fourth-order valence-electron chi connectivity index (χ4n) is 2.95. The number of hydrogen-bond acceptors (Lipinski definition) is 4. The van der Waals surface area contributed by atoms with Crippen molar-refractivity contribution in [2.24, 2.45) is 5.92 Å². The minimum Gasteiger partial charge on any atom is -0.493 e. The molecule has 2 heterocycles. The van der Waals surface area contributed by atoms with E-state index in [4.69, 9.17) is 4.74 Å². The number of nitrogens with zero attached hydrogens (tertiary/aromatic N) is 1. The normalized spacial score (nSPS) is 17.4. The minimum absolute atomic E-state index is 0.0201. The number of rotatable bonds is 5. The van der Waals surface area contributed by atoms with Crippen LogP contribution in [0.25, 0.3) is 0 Å². The predicted octanol–water partition coefficient (Wildman–Crippen LogP) is 4.02. The zero-order chi connectivity index (χ0) is 17.8. The Morgan fingerprint density at radius 1 is 1.32 bits per heavy atom. The number of ketones is 1. The number of Topliss-reactive ketones (excluding diaryl/α,β-unsaturated/α-hetero) is 1. The van der Waals surface area contributed by atoms with Gasteiger partial charge in [-0.05, 0) is 50.1 Å². The number of thiophene rings is 1. The maximum atomic E-state index is 12.9.